The van der Waals surface area contributed by atoms with E-state index in [1.54, 1.807) is 42.5 Å². The average Bonchev–Trinajstić information content (AvgIpc) is 2.65. The fourth-order valence-electron chi connectivity index (χ4n) is 2.77. The van der Waals surface area contributed by atoms with Gasteiger partial charge in [0.05, 0.1) is 33.9 Å². The third kappa shape index (κ3) is 3.90. The van der Waals surface area contributed by atoms with Crippen LogP contribution in [-0.4, -0.2) is 22.2 Å². The van der Waals surface area contributed by atoms with Crippen molar-refractivity contribution in [1.29, 1.82) is 0 Å². The maximum absolute atomic E-state index is 11.5. The zero-order valence-corrected chi connectivity index (χ0v) is 14.6. The van der Waals surface area contributed by atoms with Gasteiger partial charge in [-0.05, 0) is 42.8 Å². The molecule has 0 unspecified atom stereocenters. The number of carboxylic acids is 2. The van der Waals surface area contributed by atoms with E-state index in [0.717, 1.165) is 5.56 Å². The van der Waals surface area contributed by atoms with Gasteiger partial charge in [-0.25, -0.2) is 9.59 Å². The number of nitrogens with one attached hydrogen (secondary N) is 2. The summed E-state index contributed by atoms with van der Waals surface area (Å²) in [5.74, 6) is -2.06. The molecular weight excluding hydrogens is 344 g/mol. The number of aryl methyl sites for hydroxylation is 1. The van der Waals surface area contributed by atoms with Crippen LogP contribution in [0.5, 0.6) is 0 Å². The second-order valence-electron chi connectivity index (χ2n) is 5.95. The Kier molecular flexibility index (Phi) is 5.08. The molecule has 0 fully saturated rings. The summed E-state index contributed by atoms with van der Waals surface area (Å²) in [4.78, 5) is 22.9. The molecule has 27 heavy (non-hydrogen) atoms. The van der Waals surface area contributed by atoms with Crippen LogP contribution in [0.25, 0.3) is 0 Å². The van der Waals surface area contributed by atoms with Gasteiger partial charge in [-0.15, -0.1) is 0 Å². The number of carbonyl (C=O) groups is 2. The van der Waals surface area contributed by atoms with E-state index in [1.807, 2.05) is 19.1 Å². The van der Waals surface area contributed by atoms with Crippen LogP contribution in [0.4, 0.5) is 22.7 Å². The summed E-state index contributed by atoms with van der Waals surface area (Å²) in [6.45, 7) is 1.89. The Hall–Kier alpha value is -3.80. The molecule has 4 N–H and O–H groups in total. The van der Waals surface area contributed by atoms with Crippen LogP contribution in [0.15, 0.2) is 66.7 Å². The molecule has 0 spiro atoms. The van der Waals surface area contributed by atoms with Gasteiger partial charge >= 0.3 is 11.9 Å². The maximum Gasteiger partial charge on any atom is 0.337 e. The number of rotatable bonds is 6. The maximum atomic E-state index is 11.5. The lowest BCUT2D eigenvalue weighted by Crippen LogP contribution is -2.06. The summed E-state index contributed by atoms with van der Waals surface area (Å²) < 4.78 is 0. The average molecular weight is 362 g/mol. The minimum Gasteiger partial charge on any atom is -0.478 e. The molecule has 0 amide bonds. The molecule has 0 saturated carbocycles. The first kappa shape index (κ1) is 18.0. The molecule has 0 atom stereocenters. The second kappa shape index (κ2) is 7.61. The van der Waals surface area contributed by atoms with E-state index in [1.165, 1.54) is 12.1 Å². The smallest absolute Gasteiger partial charge is 0.337 e. The first-order chi connectivity index (χ1) is 13.0. The van der Waals surface area contributed by atoms with Crippen LogP contribution >= 0.6 is 0 Å². The summed E-state index contributed by atoms with van der Waals surface area (Å²) in [7, 11) is 0. The van der Waals surface area contributed by atoms with Crippen molar-refractivity contribution in [3.8, 4) is 0 Å². The molecule has 136 valence electrons. The SMILES string of the molecule is Cc1cccc(Nc2ccccc2C(=O)O)c1Nc1ccccc1C(=O)O. The number of hydrogen-bond donors (Lipinski definition) is 4. The monoisotopic (exact) mass is 362 g/mol. The van der Waals surface area contributed by atoms with Gasteiger partial charge in [0, 0.05) is 0 Å². The van der Waals surface area contributed by atoms with E-state index in [2.05, 4.69) is 10.6 Å². The standard InChI is InChI=1S/C21H18N2O4/c1-13-7-6-12-18(22-16-10-4-2-8-14(16)20(24)25)19(13)23-17-11-5-3-9-15(17)21(26)27/h2-12,22-23H,1H3,(H,24,25)(H,26,27). The summed E-state index contributed by atoms with van der Waals surface area (Å²) in [5.41, 5.74) is 3.40. The number of anilines is 4. The Labute approximate surface area is 156 Å². The van der Waals surface area contributed by atoms with E-state index in [0.29, 0.717) is 22.7 Å². The predicted octanol–water partition coefficient (Wildman–Crippen LogP) is 4.88. The van der Waals surface area contributed by atoms with E-state index in [9.17, 15) is 19.8 Å². The van der Waals surface area contributed by atoms with Crippen LogP contribution in [0, 0.1) is 6.92 Å². The highest BCUT2D eigenvalue weighted by Crippen LogP contribution is 2.33. The third-order valence-electron chi connectivity index (χ3n) is 4.12. The zero-order chi connectivity index (χ0) is 19.4. The van der Waals surface area contributed by atoms with Crippen LogP contribution in [0.3, 0.4) is 0 Å². The first-order valence-corrected chi connectivity index (χ1v) is 8.25. The highest BCUT2D eigenvalue weighted by Gasteiger charge is 2.14. The number of benzene rings is 3. The fraction of sp³-hybridized carbons (Fsp3) is 0.0476. The number of carboxylic acid groups (broad SMARTS) is 2. The van der Waals surface area contributed by atoms with Crippen molar-refractivity contribution in [2.45, 2.75) is 6.92 Å². The Balaban J connectivity index is 2.02. The molecule has 6 nitrogen and oxygen atoms in total. The summed E-state index contributed by atoms with van der Waals surface area (Å²) in [5, 5.41) is 25.1. The lowest BCUT2D eigenvalue weighted by atomic mass is 10.1. The van der Waals surface area contributed by atoms with Crippen molar-refractivity contribution in [3.63, 3.8) is 0 Å². The molecule has 3 aromatic rings. The van der Waals surface area contributed by atoms with Crippen molar-refractivity contribution in [2.75, 3.05) is 10.6 Å². The molecule has 0 aliphatic heterocycles. The molecule has 0 bridgehead atoms. The van der Waals surface area contributed by atoms with E-state index >= 15 is 0 Å². The van der Waals surface area contributed by atoms with Crippen molar-refractivity contribution in [3.05, 3.63) is 83.4 Å². The first-order valence-electron chi connectivity index (χ1n) is 8.25. The Morgan fingerprint density at radius 2 is 1.15 bits per heavy atom. The number of aromatic carboxylic acids is 2. The summed E-state index contributed by atoms with van der Waals surface area (Å²) in [6.07, 6.45) is 0. The molecule has 3 aromatic carbocycles. The molecule has 6 heteroatoms. The minimum atomic E-state index is -1.03. The van der Waals surface area contributed by atoms with Gasteiger partial charge in [0.25, 0.3) is 0 Å². The van der Waals surface area contributed by atoms with Gasteiger partial charge in [0.2, 0.25) is 0 Å². The van der Waals surface area contributed by atoms with Crippen LogP contribution in [0.2, 0.25) is 0 Å². The normalized spacial score (nSPS) is 10.3. The van der Waals surface area contributed by atoms with Crippen molar-refractivity contribution < 1.29 is 19.8 Å². The van der Waals surface area contributed by atoms with Crippen LogP contribution in [0.1, 0.15) is 26.3 Å². The molecule has 0 aliphatic rings. The molecule has 0 heterocycles. The number of para-hydroxylation sites is 3. The van der Waals surface area contributed by atoms with Gasteiger partial charge in [0.15, 0.2) is 0 Å². The predicted molar refractivity (Wildman–Crippen MR) is 105 cm³/mol. The van der Waals surface area contributed by atoms with E-state index < -0.39 is 11.9 Å². The molecule has 0 saturated heterocycles. The van der Waals surface area contributed by atoms with Crippen molar-refractivity contribution >= 4 is 34.7 Å². The van der Waals surface area contributed by atoms with E-state index in [4.69, 9.17) is 0 Å². The van der Waals surface area contributed by atoms with Crippen molar-refractivity contribution in [1.82, 2.24) is 0 Å². The Morgan fingerprint density at radius 3 is 1.70 bits per heavy atom. The summed E-state index contributed by atoms with van der Waals surface area (Å²) in [6, 6.07) is 18.8. The Morgan fingerprint density at radius 1 is 0.667 bits per heavy atom. The van der Waals surface area contributed by atoms with Crippen LogP contribution in [-0.2, 0) is 0 Å². The topological polar surface area (TPSA) is 98.7 Å². The largest absolute Gasteiger partial charge is 0.478 e. The highest BCUT2D eigenvalue weighted by atomic mass is 16.4. The fourth-order valence-corrected chi connectivity index (χ4v) is 2.77. The zero-order valence-electron chi connectivity index (χ0n) is 14.6. The molecule has 0 radical (unpaired) electrons. The molecule has 0 aromatic heterocycles. The molecule has 3 rings (SSSR count). The minimum absolute atomic E-state index is 0.149. The lowest BCUT2D eigenvalue weighted by molar-refractivity contribution is 0.0687. The van der Waals surface area contributed by atoms with Gasteiger partial charge in [0.1, 0.15) is 0 Å². The van der Waals surface area contributed by atoms with Gasteiger partial charge in [-0.1, -0.05) is 36.4 Å². The molecule has 0 aliphatic carbocycles. The van der Waals surface area contributed by atoms with Crippen molar-refractivity contribution in [2.24, 2.45) is 0 Å². The quantitative estimate of drug-likeness (QED) is 0.499. The highest BCUT2D eigenvalue weighted by molar-refractivity contribution is 5.98. The second-order valence-corrected chi connectivity index (χ2v) is 5.95. The van der Waals surface area contributed by atoms with E-state index in [-0.39, 0.29) is 11.1 Å². The number of hydrogen-bond acceptors (Lipinski definition) is 4. The van der Waals surface area contributed by atoms with Gasteiger partial charge in [-0.3, -0.25) is 0 Å². The Bertz CT molecular complexity index is 1010. The molecular formula is C21H18N2O4. The van der Waals surface area contributed by atoms with Crippen LogP contribution < -0.4 is 10.6 Å². The summed E-state index contributed by atoms with van der Waals surface area (Å²) >= 11 is 0. The van der Waals surface area contributed by atoms with Gasteiger partial charge in [-0.2, -0.15) is 0 Å². The van der Waals surface area contributed by atoms with Gasteiger partial charge < -0.3 is 20.8 Å². The lowest BCUT2D eigenvalue weighted by Gasteiger charge is -2.18. The third-order valence-corrected chi connectivity index (χ3v) is 4.12.